The van der Waals surface area contributed by atoms with E-state index >= 15 is 0 Å². The van der Waals surface area contributed by atoms with Crippen LogP contribution in [0.15, 0.2) is 30.3 Å². The van der Waals surface area contributed by atoms with E-state index < -0.39 is 24.4 Å². The largest absolute Gasteiger partial charge is 0.481 e. The van der Waals surface area contributed by atoms with Gasteiger partial charge in [0.05, 0.1) is 6.42 Å². The van der Waals surface area contributed by atoms with Crippen molar-refractivity contribution in [2.75, 3.05) is 0 Å². The van der Waals surface area contributed by atoms with Gasteiger partial charge in [0, 0.05) is 6.04 Å². The van der Waals surface area contributed by atoms with E-state index in [1.54, 1.807) is 0 Å². The molecule has 1 rings (SSSR count). The quantitative estimate of drug-likeness (QED) is 0.614. The predicted octanol–water partition coefficient (Wildman–Crippen LogP) is 0.449. The summed E-state index contributed by atoms with van der Waals surface area (Å²) in [7, 11) is 0. The highest BCUT2D eigenvalue weighted by molar-refractivity contribution is 5.80. The van der Waals surface area contributed by atoms with E-state index in [0.717, 1.165) is 6.42 Å². The third kappa shape index (κ3) is 9.75. The van der Waals surface area contributed by atoms with Gasteiger partial charge >= 0.3 is 11.9 Å². The van der Waals surface area contributed by atoms with Crippen LogP contribution < -0.4 is 11.5 Å². The minimum atomic E-state index is -1.29. The maximum atomic E-state index is 9.85. The Morgan fingerprint density at radius 2 is 1.68 bits per heavy atom. The highest BCUT2D eigenvalue weighted by Gasteiger charge is 2.14. The van der Waals surface area contributed by atoms with E-state index in [-0.39, 0.29) is 6.04 Å². The normalized spacial score (nSPS) is 12.8. The Morgan fingerprint density at radius 1 is 1.16 bits per heavy atom. The summed E-state index contributed by atoms with van der Waals surface area (Å²) >= 11 is 0. The molecule has 0 fully saturated rings. The Balaban J connectivity index is 0.000000344. The third-order valence-electron chi connectivity index (χ3n) is 2.11. The van der Waals surface area contributed by atoms with Crippen LogP contribution in [-0.4, -0.2) is 34.2 Å². The van der Waals surface area contributed by atoms with Crippen LogP contribution in [0.25, 0.3) is 0 Å². The Kier molecular flexibility index (Phi) is 8.15. The molecule has 19 heavy (non-hydrogen) atoms. The molecule has 0 aliphatic carbocycles. The van der Waals surface area contributed by atoms with Crippen molar-refractivity contribution < 1.29 is 19.8 Å². The fourth-order valence-electron chi connectivity index (χ4n) is 1.26. The van der Waals surface area contributed by atoms with Crippen molar-refractivity contribution in [2.24, 2.45) is 11.5 Å². The number of benzene rings is 1. The maximum absolute atomic E-state index is 9.85. The second-order valence-corrected chi connectivity index (χ2v) is 4.21. The molecule has 0 amide bonds. The van der Waals surface area contributed by atoms with Crippen molar-refractivity contribution in [1.29, 1.82) is 0 Å². The van der Waals surface area contributed by atoms with E-state index in [1.807, 2.05) is 25.1 Å². The Morgan fingerprint density at radius 3 is 2.00 bits per heavy atom. The van der Waals surface area contributed by atoms with E-state index in [0.29, 0.717) is 0 Å². The van der Waals surface area contributed by atoms with Crippen LogP contribution in [0.2, 0.25) is 0 Å². The molecule has 1 aromatic carbocycles. The summed E-state index contributed by atoms with van der Waals surface area (Å²) in [6.07, 6.45) is 0.441. The lowest BCUT2D eigenvalue weighted by Crippen LogP contribution is -2.32. The van der Waals surface area contributed by atoms with Gasteiger partial charge in [0.25, 0.3) is 0 Å². The van der Waals surface area contributed by atoms with Gasteiger partial charge in [0.15, 0.2) is 0 Å². The average molecular weight is 268 g/mol. The van der Waals surface area contributed by atoms with Crippen LogP contribution in [-0.2, 0) is 16.0 Å². The zero-order chi connectivity index (χ0) is 14.8. The highest BCUT2D eigenvalue weighted by atomic mass is 16.4. The number of carbonyl (C=O) groups is 2. The minimum absolute atomic E-state index is 0.266. The molecule has 2 unspecified atom stereocenters. The summed E-state index contributed by atoms with van der Waals surface area (Å²) in [5.41, 5.74) is 11.8. The molecular formula is C13H20N2O4. The fraction of sp³-hybridized carbons (Fsp3) is 0.385. The maximum Gasteiger partial charge on any atom is 0.321 e. The summed E-state index contributed by atoms with van der Waals surface area (Å²) in [6, 6.07) is 9.28. The SMILES string of the molecule is CC(N)Cc1ccccc1.NC(CC(=O)O)C(=O)O. The van der Waals surface area contributed by atoms with Crippen LogP contribution in [0.4, 0.5) is 0 Å². The first-order chi connectivity index (χ1) is 8.82. The van der Waals surface area contributed by atoms with Gasteiger partial charge in [-0.2, -0.15) is 0 Å². The first-order valence-electron chi connectivity index (χ1n) is 5.82. The number of aliphatic carboxylic acids is 2. The van der Waals surface area contributed by atoms with Gasteiger partial charge in [0.2, 0.25) is 0 Å². The van der Waals surface area contributed by atoms with Crippen LogP contribution in [0.5, 0.6) is 0 Å². The van der Waals surface area contributed by atoms with Crippen molar-refractivity contribution in [3.8, 4) is 0 Å². The number of hydrogen-bond acceptors (Lipinski definition) is 4. The van der Waals surface area contributed by atoms with Gasteiger partial charge in [-0.3, -0.25) is 9.59 Å². The van der Waals surface area contributed by atoms with Gasteiger partial charge in [-0.05, 0) is 18.9 Å². The molecule has 6 N–H and O–H groups in total. The summed E-state index contributed by atoms with van der Waals surface area (Å²) in [4.78, 5) is 19.6. The number of carboxylic acid groups (broad SMARTS) is 2. The molecule has 0 radical (unpaired) electrons. The fourth-order valence-corrected chi connectivity index (χ4v) is 1.26. The van der Waals surface area contributed by atoms with E-state index in [9.17, 15) is 9.59 Å². The molecule has 2 atom stereocenters. The second kappa shape index (κ2) is 9.07. The van der Waals surface area contributed by atoms with Crippen LogP contribution >= 0.6 is 0 Å². The molecule has 0 aromatic heterocycles. The Hall–Kier alpha value is -1.92. The van der Waals surface area contributed by atoms with Gasteiger partial charge in [-0.15, -0.1) is 0 Å². The van der Waals surface area contributed by atoms with Crippen LogP contribution in [0.1, 0.15) is 18.9 Å². The predicted molar refractivity (Wildman–Crippen MR) is 71.7 cm³/mol. The summed E-state index contributed by atoms with van der Waals surface area (Å²) in [5.74, 6) is -2.50. The van der Waals surface area contributed by atoms with E-state index in [2.05, 4.69) is 12.1 Å². The third-order valence-corrected chi connectivity index (χ3v) is 2.11. The van der Waals surface area contributed by atoms with Gasteiger partial charge in [-0.25, -0.2) is 0 Å². The lowest BCUT2D eigenvalue weighted by molar-refractivity contribution is -0.144. The first kappa shape index (κ1) is 17.1. The van der Waals surface area contributed by atoms with Gasteiger partial charge < -0.3 is 21.7 Å². The highest BCUT2D eigenvalue weighted by Crippen LogP contribution is 2.00. The van der Waals surface area contributed by atoms with Crippen LogP contribution in [0, 0.1) is 0 Å². The Labute approximate surface area is 112 Å². The standard InChI is InChI=1S/C9H13N.C4H7NO4/c1-8(10)7-9-5-3-2-4-6-9;5-2(4(8)9)1-3(6)7/h2-6,8H,7,10H2,1H3;2H,1,5H2,(H,6,7)(H,8,9). The van der Waals surface area contributed by atoms with Crippen molar-refractivity contribution in [1.82, 2.24) is 0 Å². The summed E-state index contributed by atoms with van der Waals surface area (Å²) < 4.78 is 0. The lowest BCUT2D eigenvalue weighted by Gasteiger charge is -2.02. The smallest absolute Gasteiger partial charge is 0.321 e. The molecule has 6 nitrogen and oxygen atoms in total. The molecule has 1 aromatic rings. The van der Waals surface area contributed by atoms with Crippen molar-refractivity contribution in [3.05, 3.63) is 35.9 Å². The summed E-state index contributed by atoms with van der Waals surface area (Å²) in [6.45, 7) is 2.02. The average Bonchev–Trinajstić information content (AvgIpc) is 2.29. The first-order valence-corrected chi connectivity index (χ1v) is 5.82. The van der Waals surface area contributed by atoms with Crippen LogP contribution in [0.3, 0.4) is 0 Å². The van der Waals surface area contributed by atoms with Crippen molar-refractivity contribution in [2.45, 2.75) is 31.8 Å². The zero-order valence-electron chi connectivity index (χ0n) is 10.8. The van der Waals surface area contributed by atoms with Gasteiger partial charge in [-0.1, -0.05) is 30.3 Å². The topological polar surface area (TPSA) is 127 Å². The molecule has 106 valence electrons. The van der Waals surface area contributed by atoms with Crippen molar-refractivity contribution in [3.63, 3.8) is 0 Å². The number of carboxylic acids is 2. The molecule has 0 saturated heterocycles. The lowest BCUT2D eigenvalue weighted by atomic mass is 10.1. The molecule has 0 spiro atoms. The molecule has 0 heterocycles. The minimum Gasteiger partial charge on any atom is -0.481 e. The molecule has 6 heteroatoms. The molecule has 0 saturated carbocycles. The number of nitrogens with two attached hydrogens (primary N) is 2. The molecule has 0 aliphatic rings. The Bertz CT molecular complexity index is 393. The van der Waals surface area contributed by atoms with E-state index in [4.69, 9.17) is 21.7 Å². The number of rotatable bonds is 5. The van der Waals surface area contributed by atoms with E-state index in [1.165, 1.54) is 5.56 Å². The zero-order valence-corrected chi connectivity index (χ0v) is 10.8. The van der Waals surface area contributed by atoms with Crippen molar-refractivity contribution >= 4 is 11.9 Å². The molecule has 0 aliphatic heterocycles. The summed E-state index contributed by atoms with van der Waals surface area (Å²) in [5, 5.41) is 16.0. The molecular weight excluding hydrogens is 248 g/mol. The van der Waals surface area contributed by atoms with Gasteiger partial charge in [0.1, 0.15) is 6.04 Å². The monoisotopic (exact) mass is 268 g/mol. The number of hydrogen-bond donors (Lipinski definition) is 4. The molecule has 0 bridgehead atoms. The second-order valence-electron chi connectivity index (χ2n) is 4.21.